The fourth-order valence-electron chi connectivity index (χ4n) is 2.54. The van der Waals surface area contributed by atoms with Crippen molar-refractivity contribution in [1.82, 2.24) is 4.90 Å². The largest absolute Gasteiger partial charge is 0.396 e. The molecule has 1 saturated carbocycles. The van der Waals surface area contributed by atoms with Crippen LogP contribution in [0.15, 0.2) is 0 Å². The molecule has 4 heteroatoms. The molecule has 3 atom stereocenters. The van der Waals surface area contributed by atoms with Crippen LogP contribution in [0.3, 0.4) is 0 Å². The van der Waals surface area contributed by atoms with E-state index in [1.807, 2.05) is 0 Å². The lowest BCUT2D eigenvalue weighted by molar-refractivity contribution is -0.131. The van der Waals surface area contributed by atoms with Gasteiger partial charge in [0.05, 0.1) is 12.1 Å². The van der Waals surface area contributed by atoms with Crippen molar-refractivity contribution < 1.29 is 15.0 Å². The first-order valence-corrected chi connectivity index (χ1v) is 5.30. The monoisotopic (exact) mass is 199 g/mol. The molecule has 3 unspecified atom stereocenters. The van der Waals surface area contributed by atoms with Crippen molar-refractivity contribution in [3.05, 3.63) is 0 Å². The van der Waals surface area contributed by atoms with Gasteiger partial charge in [0.2, 0.25) is 5.91 Å². The summed E-state index contributed by atoms with van der Waals surface area (Å²) in [7, 11) is 0. The van der Waals surface area contributed by atoms with Crippen molar-refractivity contribution in [1.29, 1.82) is 0 Å². The second-order valence-electron chi connectivity index (χ2n) is 4.36. The molecule has 0 aromatic rings. The highest BCUT2D eigenvalue weighted by atomic mass is 16.3. The molecule has 1 amide bonds. The summed E-state index contributed by atoms with van der Waals surface area (Å²) in [5.41, 5.74) is 0. The number of carbonyl (C=O) groups excluding carboxylic acids is 1. The minimum Gasteiger partial charge on any atom is -0.396 e. The van der Waals surface area contributed by atoms with Crippen LogP contribution in [0, 0.1) is 5.92 Å². The van der Waals surface area contributed by atoms with Gasteiger partial charge in [-0.3, -0.25) is 4.79 Å². The zero-order valence-corrected chi connectivity index (χ0v) is 8.22. The van der Waals surface area contributed by atoms with Crippen LogP contribution in [0.25, 0.3) is 0 Å². The highest BCUT2D eigenvalue weighted by Crippen LogP contribution is 2.29. The summed E-state index contributed by atoms with van der Waals surface area (Å²) in [6.45, 7) is 0.697. The number of likely N-dealkylation sites (tertiary alicyclic amines) is 1. The summed E-state index contributed by atoms with van der Waals surface area (Å²) < 4.78 is 0. The Labute approximate surface area is 83.5 Å². The van der Waals surface area contributed by atoms with Crippen molar-refractivity contribution in [2.24, 2.45) is 5.92 Å². The van der Waals surface area contributed by atoms with Crippen molar-refractivity contribution in [3.8, 4) is 0 Å². The van der Waals surface area contributed by atoms with E-state index >= 15 is 0 Å². The molecule has 0 spiro atoms. The highest BCUT2D eigenvalue weighted by molar-refractivity contribution is 5.79. The summed E-state index contributed by atoms with van der Waals surface area (Å²) >= 11 is 0. The zero-order chi connectivity index (χ0) is 10.1. The quantitative estimate of drug-likeness (QED) is 0.644. The van der Waals surface area contributed by atoms with Crippen LogP contribution in [-0.2, 0) is 4.79 Å². The Hall–Kier alpha value is -0.610. The Morgan fingerprint density at radius 1 is 1.43 bits per heavy atom. The van der Waals surface area contributed by atoms with Gasteiger partial charge in [-0.15, -0.1) is 0 Å². The van der Waals surface area contributed by atoms with Crippen LogP contribution in [0.4, 0.5) is 0 Å². The third-order valence-electron chi connectivity index (χ3n) is 3.34. The van der Waals surface area contributed by atoms with Crippen molar-refractivity contribution in [2.45, 2.75) is 37.8 Å². The van der Waals surface area contributed by atoms with Crippen molar-refractivity contribution in [3.63, 3.8) is 0 Å². The van der Waals surface area contributed by atoms with Crippen LogP contribution in [0.1, 0.15) is 25.7 Å². The molecule has 0 bridgehead atoms. The van der Waals surface area contributed by atoms with E-state index in [-0.39, 0.29) is 30.6 Å². The molecule has 4 nitrogen and oxygen atoms in total. The molecule has 1 heterocycles. The van der Waals surface area contributed by atoms with Gasteiger partial charge in [0, 0.05) is 25.5 Å². The number of hydrogen-bond donors (Lipinski definition) is 2. The summed E-state index contributed by atoms with van der Waals surface area (Å²) in [4.78, 5) is 13.3. The molecule has 2 fully saturated rings. The van der Waals surface area contributed by atoms with E-state index in [9.17, 15) is 9.90 Å². The molecule has 1 saturated heterocycles. The SMILES string of the molecule is O=C1CC(CO)CN1C1CCCC1O. The molecular weight excluding hydrogens is 182 g/mol. The molecule has 0 radical (unpaired) electrons. The van der Waals surface area contributed by atoms with Crippen LogP contribution in [0.2, 0.25) is 0 Å². The Bertz CT molecular complexity index is 231. The standard InChI is InChI=1S/C10H17NO3/c12-6-7-4-10(14)11(5-7)8-2-1-3-9(8)13/h7-9,12-13H,1-6H2. The van der Waals surface area contributed by atoms with Gasteiger partial charge in [-0.25, -0.2) is 0 Å². The smallest absolute Gasteiger partial charge is 0.223 e. The topological polar surface area (TPSA) is 60.8 Å². The van der Waals surface area contributed by atoms with E-state index in [1.54, 1.807) is 4.90 Å². The van der Waals surface area contributed by atoms with Gasteiger partial charge in [0.1, 0.15) is 0 Å². The average molecular weight is 199 g/mol. The van der Waals surface area contributed by atoms with Crippen LogP contribution in [0.5, 0.6) is 0 Å². The fourth-order valence-corrected chi connectivity index (χ4v) is 2.54. The van der Waals surface area contributed by atoms with Gasteiger partial charge >= 0.3 is 0 Å². The van der Waals surface area contributed by atoms with Gasteiger partial charge < -0.3 is 15.1 Å². The maximum absolute atomic E-state index is 11.6. The minimum atomic E-state index is -0.351. The second kappa shape index (κ2) is 3.87. The summed E-state index contributed by atoms with van der Waals surface area (Å²) in [5.74, 6) is 0.172. The first-order valence-electron chi connectivity index (χ1n) is 5.30. The maximum Gasteiger partial charge on any atom is 0.223 e. The zero-order valence-electron chi connectivity index (χ0n) is 8.22. The second-order valence-corrected chi connectivity index (χ2v) is 4.36. The van der Waals surface area contributed by atoms with E-state index in [1.165, 1.54) is 0 Å². The summed E-state index contributed by atoms with van der Waals surface area (Å²) in [5, 5.41) is 18.6. The van der Waals surface area contributed by atoms with Gasteiger partial charge in [0.15, 0.2) is 0 Å². The van der Waals surface area contributed by atoms with Gasteiger partial charge in [-0.1, -0.05) is 0 Å². The van der Waals surface area contributed by atoms with E-state index in [0.717, 1.165) is 19.3 Å². The van der Waals surface area contributed by atoms with Crippen LogP contribution in [-0.4, -0.2) is 46.3 Å². The molecule has 0 aromatic heterocycles. The molecular formula is C10H17NO3. The van der Waals surface area contributed by atoms with Crippen molar-refractivity contribution in [2.75, 3.05) is 13.2 Å². The summed E-state index contributed by atoms with van der Waals surface area (Å²) in [6, 6.07) is 0.0130. The molecule has 80 valence electrons. The number of rotatable bonds is 2. The van der Waals surface area contributed by atoms with Crippen LogP contribution >= 0.6 is 0 Å². The first-order chi connectivity index (χ1) is 6.72. The maximum atomic E-state index is 11.6. The third kappa shape index (κ3) is 1.64. The van der Waals surface area contributed by atoms with Gasteiger partial charge in [-0.2, -0.15) is 0 Å². The van der Waals surface area contributed by atoms with Crippen molar-refractivity contribution >= 4 is 5.91 Å². The Morgan fingerprint density at radius 2 is 2.21 bits per heavy atom. The molecule has 1 aliphatic carbocycles. The molecule has 2 N–H and O–H groups in total. The molecule has 2 rings (SSSR count). The third-order valence-corrected chi connectivity index (χ3v) is 3.34. The minimum absolute atomic E-state index is 0.0130. The summed E-state index contributed by atoms with van der Waals surface area (Å²) in [6.07, 6.45) is 2.80. The predicted octanol–water partition coefficient (Wildman–Crippen LogP) is -0.259. The van der Waals surface area contributed by atoms with Gasteiger partial charge in [-0.05, 0) is 19.3 Å². The average Bonchev–Trinajstić information content (AvgIpc) is 2.72. The Balaban J connectivity index is 2.00. The number of amides is 1. The number of hydrogen-bond acceptors (Lipinski definition) is 3. The molecule has 14 heavy (non-hydrogen) atoms. The molecule has 1 aliphatic heterocycles. The van der Waals surface area contributed by atoms with Crippen LogP contribution < -0.4 is 0 Å². The number of aliphatic hydroxyl groups is 2. The number of nitrogens with zero attached hydrogens (tertiary/aromatic N) is 1. The van der Waals surface area contributed by atoms with E-state index in [0.29, 0.717) is 13.0 Å². The Morgan fingerprint density at radius 3 is 2.71 bits per heavy atom. The highest BCUT2D eigenvalue weighted by Gasteiger charge is 2.38. The van der Waals surface area contributed by atoms with E-state index in [4.69, 9.17) is 5.11 Å². The number of aliphatic hydroxyl groups excluding tert-OH is 2. The van der Waals surface area contributed by atoms with E-state index < -0.39 is 0 Å². The predicted molar refractivity (Wildman–Crippen MR) is 50.6 cm³/mol. The first kappa shape index (κ1) is 9.93. The van der Waals surface area contributed by atoms with E-state index in [2.05, 4.69) is 0 Å². The molecule has 2 aliphatic rings. The molecule has 0 aromatic carbocycles. The normalized spacial score (nSPS) is 38.3. The lowest BCUT2D eigenvalue weighted by Gasteiger charge is -2.26. The Kier molecular flexibility index (Phi) is 2.74. The number of carbonyl (C=O) groups is 1. The fraction of sp³-hybridized carbons (Fsp3) is 0.900. The lowest BCUT2D eigenvalue weighted by atomic mass is 10.1. The van der Waals surface area contributed by atoms with Gasteiger partial charge in [0.25, 0.3) is 0 Å². The lowest BCUT2D eigenvalue weighted by Crippen LogP contribution is -2.41.